The second kappa shape index (κ2) is 16.8. The van der Waals surface area contributed by atoms with E-state index in [1.54, 1.807) is 0 Å². The number of rotatable bonds is 13. The fourth-order valence-electron chi connectivity index (χ4n) is 1.89. The van der Waals surface area contributed by atoms with Crippen LogP contribution >= 0.6 is 11.6 Å². The van der Waals surface area contributed by atoms with E-state index in [1.807, 2.05) is 0 Å². The van der Waals surface area contributed by atoms with Gasteiger partial charge in [0.25, 0.3) is 0 Å². The average molecular weight is 271 g/mol. The van der Waals surface area contributed by atoms with Crippen molar-refractivity contribution in [1.82, 2.24) is 0 Å². The molecule has 106 valence electrons. The molecule has 0 aromatic heterocycles. The molecule has 0 atom stereocenters. The van der Waals surface area contributed by atoms with Crippen LogP contribution in [0, 0.1) is 0 Å². The van der Waals surface area contributed by atoms with Gasteiger partial charge in [-0.1, -0.05) is 69.8 Å². The maximum Gasteiger partial charge on any atom is 0.0223 e. The maximum atomic E-state index is 5.64. The molecule has 0 unspecified atom stereocenters. The Labute approximate surface area is 120 Å². The molecule has 0 amide bonds. The van der Waals surface area contributed by atoms with Gasteiger partial charge in [0, 0.05) is 5.88 Å². The zero-order valence-corrected chi connectivity index (χ0v) is 12.9. The standard InChI is InChI=1S/C17H31Cl/c1-2-3-4-5-6-7-8-9-10-11-12-13-14-15-16-17-18/h5-6,8-9H,2-4,7,10-17H2,1H3/b6-5+,9-8+. The van der Waals surface area contributed by atoms with Crippen LogP contribution in [-0.2, 0) is 0 Å². The molecule has 1 heteroatoms. The topological polar surface area (TPSA) is 0 Å². The lowest BCUT2D eigenvalue weighted by Gasteiger charge is -1.98. The predicted molar refractivity (Wildman–Crippen MR) is 85.5 cm³/mol. The van der Waals surface area contributed by atoms with E-state index in [-0.39, 0.29) is 0 Å². The van der Waals surface area contributed by atoms with Crippen molar-refractivity contribution < 1.29 is 0 Å². The minimum Gasteiger partial charge on any atom is -0.127 e. The van der Waals surface area contributed by atoms with E-state index in [0.29, 0.717) is 0 Å². The molecule has 0 rings (SSSR count). The summed E-state index contributed by atoms with van der Waals surface area (Å²) in [7, 11) is 0. The number of allylic oxidation sites excluding steroid dienone is 4. The van der Waals surface area contributed by atoms with Crippen LogP contribution in [0.3, 0.4) is 0 Å². The lowest BCUT2D eigenvalue weighted by atomic mass is 10.1. The Morgan fingerprint density at radius 2 is 1.22 bits per heavy atom. The van der Waals surface area contributed by atoms with Gasteiger partial charge in [-0.15, -0.1) is 11.6 Å². The van der Waals surface area contributed by atoms with Gasteiger partial charge in [0.2, 0.25) is 0 Å². The van der Waals surface area contributed by atoms with Gasteiger partial charge in [0.05, 0.1) is 0 Å². The molecule has 18 heavy (non-hydrogen) atoms. The summed E-state index contributed by atoms with van der Waals surface area (Å²) in [5.74, 6) is 0.828. The second-order valence-corrected chi connectivity index (χ2v) is 5.30. The third-order valence-electron chi connectivity index (χ3n) is 3.08. The van der Waals surface area contributed by atoms with Crippen LogP contribution in [0.15, 0.2) is 24.3 Å². The van der Waals surface area contributed by atoms with Crippen molar-refractivity contribution in [2.45, 2.75) is 77.6 Å². The molecule has 0 nitrogen and oxygen atoms in total. The Hall–Kier alpha value is -0.230. The molecule has 0 aliphatic rings. The lowest BCUT2D eigenvalue weighted by molar-refractivity contribution is 0.612. The molecule has 0 saturated heterocycles. The minimum atomic E-state index is 0.828. The number of hydrogen-bond donors (Lipinski definition) is 0. The minimum absolute atomic E-state index is 0.828. The number of halogens is 1. The van der Waals surface area contributed by atoms with Crippen LogP contribution < -0.4 is 0 Å². The molecule has 0 spiro atoms. The molecule has 0 aliphatic heterocycles. The van der Waals surface area contributed by atoms with E-state index >= 15 is 0 Å². The highest BCUT2D eigenvalue weighted by Gasteiger charge is 1.89. The first kappa shape index (κ1) is 17.8. The van der Waals surface area contributed by atoms with E-state index in [9.17, 15) is 0 Å². The van der Waals surface area contributed by atoms with E-state index in [4.69, 9.17) is 11.6 Å². The Morgan fingerprint density at radius 3 is 1.83 bits per heavy atom. The van der Waals surface area contributed by atoms with Crippen LogP contribution in [0.4, 0.5) is 0 Å². The van der Waals surface area contributed by atoms with E-state index in [2.05, 4.69) is 31.2 Å². The second-order valence-electron chi connectivity index (χ2n) is 4.92. The normalized spacial score (nSPS) is 11.9. The van der Waals surface area contributed by atoms with Crippen LogP contribution in [0.2, 0.25) is 0 Å². The van der Waals surface area contributed by atoms with Gasteiger partial charge < -0.3 is 0 Å². The number of unbranched alkanes of at least 4 members (excludes halogenated alkanes) is 8. The van der Waals surface area contributed by atoms with Gasteiger partial charge in [-0.05, 0) is 32.1 Å². The third kappa shape index (κ3) is 15.8. The highest BCUT2D eigenvalue weighted by molar-refractivity contribution is 6.17. The summed E-state index contributed by atoms with van der Waals surface area (Å²) in [6.45, 7) is 2.24. The zero-order chi connectivity index (χ0) is 13.3. The summed E-state index contributed by atoms with van der Waals surface area (Å²) < 4.78 is 0. The predicted octanol–water partition coefficient (Wildman–Crippen LogP) is 6.65. The zero-order valence-electron chi connectivity index (χ0n) is 12.2. The molecule has 0 N–H and O–H groups in total. The highest BCUT2D eigenvalue weighted by atomic mass is 35.5. The molecule has 0 aromatic carbocycles. The summed E-state index contributed by atoms with van der Waals surface area (Å²) in [5.41, 5.74) is 0. The summed E-state index contributed by atoms with van der Waals surface area (Å²) in [4.78, 5) is 0. The molecular weight excluding hydrogens is 240 g/mol. The van der Waals surface area contributed by atoms with Gasteiger partial charge in [-0.3, -0.25) is 0 Å². The Morgan fingerprint density at radius 1 is 0.667 bits per heavy atom. The smallest absolute Gasteiger partial charge is 0.0223 e. The largest absolute Gasteiger partial charge is 0.127 e. The number of hydrogen-bond acceptors (Lipinski definition) is 0. The van der Waals surface area contributed by atoms with Gasteiger partial charge in [0.1, 0.15) is 0 Å². The molecule has 0 bridgehead atoms. The SMILES string of the molecule is CCCC/C=C/C/C=C/CCCCCCCCCl. The van der Waals surface area contributed by atoms with E-state index in [0.717, 1.165) is 12.3 Å². The average Bonchev–Trinajstić information content (AvgIpc) is 2.39. The molecule has 0 radical (unpaired) electrons. The third-order valence-corrected chi connectivity index (χ3v) is 3.35. The van der Waals surface area contributed by atoms with Crippen LogP contribution in [-0.4, -0.2) is 5.88 Å². The molecule has 0 saturated carbocycles. The first-order chi connectivity index (χ1) is 8.91. The summed E-state index contributed by atoms with van der Waals surface area (Å²) >= 11 is 5.64. The highest BCUT2D eigenvalue weighted by Crippen LogP contribution is 2.08. The lowest BCUT2D eigenvalue weighted by Crippen LogP contribution is -1.80. The monoisotopic (exact) mass is 270 g/mol. The van der Waals surface area contributed by atoms with Crippen molar-refractivity contribution in [2.75, 3.05) is 5.88 Å². The van der Waals surface area contributed by atoms with Crippen molar-refractivity contribution in [3.05, 3.63) is 24.3 Å². The van der Waals surface area contributed by atoms with Crippen molar-refractivity contribution in [1.29, 1.82) is 0 Å². The quantitative estimate of drug-likeness (QED) is 0.200. The fourth-order valence-corrected chi connectivity index (χ4v) is 2.08. The summed E-state index contributed by atoms with van der Waals surface area (Å²) in [6.07, 6.45) is 23.4. The van der Waals surface area contributed by atoms with Gasteiger partial charge >= 0.3 is 0 Å². The maximum absolute atomic E-state index is 5.64. The van der Waals surface area contributed by atoms with Crippen LogP contribution in [0.25, 0.3) is 0 Å². The van der Waals surface area contributed by atoms with Crippen LogP contribution in [0.1, 0.15) is 77.6 Å². The molecule has 0 aromatic rings. The Balaban J connectivity index is 3.11. The van der Waals surface area contributed by atoms with Crippen molar-refractivity contribution in [3.63, 3.8) is 0 Å². The molecule has 0 aliphatic carbocycles. The van der Waals surface area contributed by atoms with Gasteiger partial charge in [-0.2, -0.15) is 0 Å². The fraction of sp³-hybridized carbons (Fsp3) is 0.765. The van der Waals surface area contributed by atoms with Crippen LogP contribution in [0.5, 0.6) is 0 Å². The molecular formula is C17H31Cl. The Kier molecular flexibility index (Phi) is 16.6. The van der Waals surface area contributed by atoms with Gasteiger partial charge in [0.15, 0.2) is 0 Å². The van der Waals surface area contributed by atoms with E-state index in [1.165, 1.54) is 64.2 Å². The summed E-state index contributed by atoms with van der Waals surface area (Å²) in [6, 6.07) is 0. The van der Waals surface area contributed by atoms with Gasteiger partial charge in [-0.25, -0.2) is 0 Å². The van der Waals surface area contributed by atoms with Crippen molar-refractivity contribution >= 4 is 11.6 Å². The van der Waals surface area contributed by atoms with Crippen molar-refractivity contribution in [2.24, 2.45) is 0 Å². The first-order valence-corrected chi connectivity index (χ1v) is 8.31. The molecule has 0 fully saturated rings. The van der Waals surface area contributed by atoms with Crippen molar-refractivity contribution in [3.8, 4) is 0 Å². The number of alkyl halides is 1. The summed E-state index contributed by atoms with van der Waals surface area (Å²) in [5, 5.41) is 0. The Bertz CT molecular complexity index is 194. The first-order valence-electron chi connectivity index (χ1n) is 7.77. The molecule has 0 heterocycles. The van der Waals surface area contributed by atoms with E-state index < -0.39 is 0 Å².